The molecule has 10 heteroatoms. The molecular weight excluding hydrogens is 552 g/mol. The molecule has 0 fully saturated rings. The molecule has 42 heavy (non-hydrogen) atoms. The number of benzene rings is 2. The number of nitrogens with zero attached hydrogens (tertiary/aromatic N) is 3. The summed E-state index contributed by atoms with van der Waals surface area (Å²) in [5.41, 5.74) is 2.99. The molecular formula is C32H42N4O5S. The number of ether oxygens (including phenoxy) is 1. The zero-order valence-corrected chi connectivity index (χ0v) is 26.3. The van der Waals surface area contributed by atoms with Crippen molar-refractivity contribution in [3.63, 3.8) is 0 Å². The minimum absolute atomic E-state index is 0.0509. The molecule has 1 amide bonds. The van der Waals surface area contributed by atoms with Crippen LogP contribution in [0.4, 0.5) is 5.82 Å². The van der Waals surface area contributed by atoms with Crippen molar-refractivity contribution in [2.24, 2.45) is 4.99 Å². The Hall–Kier alpha value is -3.50. The lowest BCUT2D eigenvalue weighted by Crippen LogP contribution is -2.41. The van der Waals surface area contributed by atoms with Gasteiger partial charge in [-0.25, -0.2) is 8.42 Å². The normalized spacial score (nSPS) is 14.9. The summed E-state index contributed by atoms with van der Waals surface area (Å²) in [6.45, 7) is 12.8. The maximum Gasteiger partial charge on any atom is 0.263 e. The SMILES string of the molecule is CCCCC1=NC(CC)(CC)C(=O)N1Cc1ccc(-c2ccccc2S(=O)(=O)Nc2noc(C)c2C)c(COCC)c1. The highest BCUT2D eigenvalue weighted by atomic mass is 32.2. The summed E-state index contributed by atoms with van der Waals surface area (Å²) in [6, 6.07) is 12.7. The molecule has 2 aromatic carbocycles. The minimum atomic E-state index is -3.99. The van der Waals surface area contributed by atoms with E-state index in [0.29, 0.717) is 49.5 Å². The van der Waals surface area contributed by atoms with Gasteiger partial charge in [0.15, 0.2) is 5.82 Å². The van der Waals surface area contributed by atoms with Crippen LogP contribution >= 0.6 is 0 Å². The Morgan fingerprint density at radius 2 is 1.76 bits per heavy atom. The van der Waals surface area contributed by atoms with E-state index < -0.39 is 15.6 Å². The van der Waals surface area contributed by atoms with Crippen LogP contribution in [0.5, 0.6) is 0 Å². The molecule has 0 spiro atoms. The first-order valence-electron chi connectivity index (χ1n) is 14.8. The lowest BCUT2D eigenvalue weighted by Gasteiger charge is -2.25. The monoisotopic (exact) mass is 594 g/mol. The van der Waals surface area contributed by atoms with E-state index in [9.17, 15) is 13.2 Å². The predicted octanol–water partition coefficient (Wildman–Crippen LogP) is 6.79. The minimum Gasteiger partial charge on any atom is -0.377 e. The molecule has 0 unspecified atom stereocenters. The van der Waals surface area contributed by atoms with Gasteiger partial charge in [0.2, 0.25) is 0 Å². The maximum absolute atomic E-state index is 13.6. The second kappa shape index (κ2) is 13.2. The van der Waals surface area contributed by atoms with Crippen LogP contribution in [0.3, 0.4) is 0 Å². The molecule has 1 aliphatic heterocycles. The van der Waals surface area contributed by atoms with Crippen molar-refractivity contribution in [1.82, 2.24) is 10.1 Å². The number of sulfonamides is 1. The first-order chi connectivity index (χ1) is 20.1. The van der Waals surface area contributed by atoms with Gasteiger partial charge in [-0.1, -0.05) is 68.7 Å². The molecule has 3 aromatic rings. The maximum atomic E-state index is 13.6. The van der Waals surface area contributed by atoms with E-state index in [0.717, 1.165) is 41.8 Å². The zero-order chi connectivity index (χ0) is 30.5. The summed E-state index contributed by atoms with van der Waals surface area (Å²) < 4.78 is 40.7. The zero-order valence-electron chi connectivity index (χ0n) is 25.5. The van der Waals surface area contributed by atoms with Crippen LogP contribution in [0.1, 0.15) is 82.2 Å². The molecule has 0 radical (unpaired) electrons. The first-order valence-corrected chi connectivity index (χ1v) is 16.2. The van der Waals surface area contributed by atoms with Gasteiger partial charge in [-0.05, 0) is 62.8 Å². The summed E-state index contributed by atoms with van der Waals surface area (Å²) in [4.78, 5) is 20.6. The molecule has 9 nitrogen and oxygen atoms in total. The molecule has 1 N–H and O–H groups in total. The predicted molar refractivity (Wildman–Crippen MR) is 165 cm³/mol. The van der Waals surface area contributed by atoms with Gasteiger partial charge in [0.05, 0.1) is 18.0 Å². The largest absolute Gasteiger partial charge is 0.377 e. The van der Waals surface area contributed by atoms with Crippen LogP contribution in [0.15, 0.2) is 56.9 Å². The van der Waals surface area contributed by atoms with Crippen LogP contribution in [0.25, 0.3) is 11.1 Å². The second-order valence-corrected chi connectivity index (χ2v) is 12.4. The van der Waals surface area contributed by atoms with E-state index in [4.69, 9.17) is 14.3 Å². The van der Waals surface area contributed by atoms with Gasteiger partial charge in [0, 0.05) is 24.2 Å². The third kappa shape index (κ3) is 6.29. The van der Waals surface area contributed by atoms with E-state index in [1.807, 2.05) is 49.9 Å². The van der Waals surface area contributed by atoms with Crippen LogP contribution in [-0.4, -0.2) is 42.4 Å². The van der Waals surface area contributed by atoms with Gasteiger partial charge in [-0.2, -0.15) is 0 Å². The summed E-state index contributed by atoms with van der Waals surface area (Å²) in [5.74, 6) is 1.61. The van der Waals surface area contributed by atoms with Gasteiger partial charge in [0.25, 0.3) is 15.9 Å². The third-order valence-corrected chi connectivity index (χ3v) is 9.45. The quantitative estimate of drug-likeness (QED) is 0.220. The Morgan fingerprint density at radius 1 is 1.02 bits per heavy atom. The topological polar surface area (TPSA) is 114 Å². The molecule has 1 aliphatic rings. The summed E-state index contributed by atoms with van der Waals surface area (Å²) in [7, 11) is -3.99. The number of amidine groups is 1. The van der Waals surface area contributed by atoms with E-state index in [2.05, 4.69) is 16.8 Å². The van der Waals surface area contributed by atoms with E-state index in [1.165, 1.54) is 0 Å². The number of rotatable bonds is 14. The number of aryl methyl sites for hydroxylation is 1. The average Bonchev–Trinajstić information content (AvgIpc) is 3.45. The highest BCUT2D eigenvalue weighted by Gasteiger charge is 2.45. The van der Waals surface area contributed by atoms with Crippen LogP contribution in [-0.2, 0) is 32.7 Å². The molecule has 4 rings (SSSR count). The number of carbonyl (C=O) groups excluding carboxylic acids is 1. The smallest absolute Gasteiger partial charge is 0.263 e. The molecule has 226 valence electrons. The summed E-state index contributed by atoms with van der Waals surface area (Å²) in [5, 5.41) is 3.87. The Bertz CT molecular complexity index is 1560. The van der Waals surface area contributed by atoms with Crippen molar-refractivity contribution in [2.75, 3.05) is 11.3 Å². The molecule has 0 saturated heterocycles. The molecule has 0 aliphatic carbocycles. The fourth-order valence-corrected chi connectivity index (χ4v) is 6.54. The highest BCUT2D eigenvalue weighted by molar-refractivity contribution is 7.92. The summed E-state index contributed by atoms with van der Waals surface area (Å²) in [6.07, 6.45) is 4.07. The van der Waals surface area contributed by atoms with Crippen molar-refractivity contribution < 1.29 is 22.5 Å². The number of hydrogen-bond acceptors (Lipinski definition) is 7. The van der Waals surface area contributed by atoms with Crippen molar-refractivity contribution in [3.05, 3.63) is 64.9 Å². The first kappa shape index (κ1) is 31.4. The number of nitrogens with one attached hydrogen (secondary N) is 1. The standard InChI is InChI=1S/C32H42N4O5S/c1-7-11-16-29-33-32(8-2,9-3)31(37)36(29)20-24-17-18-26(25(19-24)21-40-10-4)27-14-12-13-15-28(27)42(38,39)35-30-22(5)23(6)41-34-30/h12-15,17-19H,7-11,16,20-21H2,1-6H3,(H,34,35). The van der Waals surface area contributed by atoms with Crippen molar-refractivity contribution in [1.29, 1.82) is 0 Å². The van der Waals surface area contributed by atoms with Crippen LogP contribution < -0.4 is 4.72 Å². The Balaban J connectivity index is 1.72. The molecule has 1 aromatic heterocycles. The van der Waals surface area contributed by atoms with Gasteiger partial charge >= 0.3 is 0 Å². The van der Waals surface area contributed by atoms with Crippen LogP contribution in [0.2, 0.25) is 0 Å². The number of anilines is 1. The molecule has 0 saturated carbocycles. The Morgan fingerprint density at radius 3 is 2.40 bits per heavy atom. The molecule has 2 heterocycles. The number of carbonyl (C=O) groups is 1. The lowest BCUT2D eigenvalue weighted by molar-refractivity contribution is -0.131. The highest BCUT2D eigenvalue weighted by Crippen LogP contribution is 2.35. The average molecular weight is 595 g/mol. The molecule has 0 atom stereocenters. The van der Waals surface area contributed by atoms with E-state index in [-0.39, 0.29) is 16.6 Å². The third-order valence-electron chi connectivity index (χ3n) is 8.05. The summed E-state index contributed by atoms with van der Waals surface area (Å²) >= 11 is 0. The number of aromatic nitrogens is 1. The fourth-order valence-electron chi connectivity index (χ4n) is 5.26. The van der Waals surface area contributed by atoms with Crippen molar-refractivity contribution in [2.45, 2.75) is 97.2 Å². The molecule has 0 bridgehead atoms. The number of hydrogen-bond donors (Lipinski definition) is 1. The number of aliphatic imine (C=N–C) groups is 1. The number of amides is 1. The Labute approximate surface area is 249 Å². The van der Waals surface area contributed by atoms with Crippen molar-refractivity contribution in [3.8, 4) is 11.1 Å². The van der Waals surface area contributed by atoms with E-state index >= 15 is 0 Å². The number of unbranched alkanes of at least 4 members (excludes halogenated alkanes) is 1. The van der Waals surface area contributed by atoms with Crippen molar-refractivity contribution >= 4 is 27.6 Å². The fraction of sp³-hybridized carbons (Fsp3) is 0.469. The Kier molecular flexibility index (Phi) is 9.89. The lowest BCUT2D eigenvalue weighted by atomic mass is 9.93. The second-order valence-electron chi connectivity index (χ2n) is 10.7. The van der Waals surface area contributed by atoms with Crippen LogP contribution in [0, 0.1) is 13.8 Å². The van der Waals surface area contributed by atoms with Gasteiger partial charge < -0.3 is 9.26 Å². The van der Waals surface area contributed by atoms with Gasteiger partial charge in [-0.15, -0.1) is 0 Å². The van der Waals surface area contributed by atoms with E-state index in [1.54, 1.807) is 32.0 Å². The van der Waals surface area contributed by atoms with Gasteiger partial charge in [-0.3, -0.25) is 19.4 Å². The van der Waals surface area contributed by atoms with Gasteiger partial charge in [0.1, 0.15) is 17.1 Å².